The summed E-state index contributed by atoms with van der Waals surface area (Å²) in [4.78, 5) is 9.90. The van der Waals surface area contributed by atoms with Crippen LogP contribution in [0.3, 0.4) is 0 Å². The van der Waals surface area contributed by atoms with Crippen LogP contribution in [0.25, 0.3) is 0 Å². The molecule has 2 aliphatic rings. The molecule has 0 unspecified atom stereocenters. The number of nitrogens with one attached hydrogen (secondary N) is 1. The maximum atomic E-state index is 9.23. The molecule has 0 radical (unpaired) electrons. The normalized spacial score (nSPS) is 18.3. The molecule has 1 fully saturated rings. The van der Waals surface area contributed by atoms with Crippen molar-refractivity contribution in [3.63, 3.8) is 0 Å². The van der Waals surface area contributed by atoms with Crippen molar-refractivity contribution in [1.82, 2.24) is 10.2 Å². The average molecular weight is 447 g/mol. The van der Waals surface area contributed by atoms with Crippen LogP contribution in [0.2, 0.25) is 0 Å². The molecular weight excluding hydrogens is 412 g/mol. The van der Waals surface area contributed by atoms with E-state index in [1.54, 1.807) is 0 Å². The topological polar surface area (TPSA) is 80.6 Å². The van der Waals surface area contributed by atoms with E-state index in [1.807, 2.05) is 23.1 Å². The van der Waals surface area contributed by atoms with Gasteiger partial charge < -0.3 is 25.2 Å². The number of allylic oxidation sites excluding steroid dienone is 3. The fourth-order valence-corrected chi connectivity index (χ4v) is 3.94. The van der Waals surface area contributed by atoms with E-state index in [0.29, 0.717) is 13.1 Å². The van der Waals surface area contributed by atoms with Crippen LogP contribution in [0.4, 0.5) is 11.4 Å². The third-order valence-electron chi connectivity index (χ3n) is 5.40. The van der Waals surface area contributed by atoms with E-state index in [1.165, 1.54) is 0 Å². The summed E-state index contributed by atoms with van der Waals surface area (Å²) in [6, 6.07) is 5.81. The summed E-state index contributed by atoms with van der Waals surface area (Å²) in [6.07, 6.45) is 8.19. The molecule has 0 aromatic heterocycles. The molecule has 1 saturated heterocycles. The molecule has 1 heterocycles. The second kappa shape index (κ2) is 12.9. The molecule has 3 N–H and O–H groups in total. The number of anilines is 1. The SMILES string of the molecule is OCCN(CCO)c1ccc(N=C2C=CC(NCCCN3CCOCC3)=CC2)c(S)c1. The number of rotatable bonds is 11. The van der Waals surface area contributed by atoms with Crippen LogP contribution in [-0.2, 0) is 4.74 Å². The molecule has 0 saturated carbocycles. The van der Waals surface area contributed by atoms with Gasteiger partial charge in [0.25, 0.3) is 0 Å². The number of thiol groups is 1. The van der Waals surface area contributed by atoms with Crippen LogP contribution in [-0.4, -0.2) is 86.5 Å². The Labute approximate surface area is 190 Å². The molecule has 1 aromatic carbocycles. The number of aliphatic hydroxyl groups excluding tert-OH is 2. The van der Waals surface area contributed by atoms with Gasteiger partial charge in [0.2, 0.25) is 0 Å². The lowest BCUT2D eigenvalue weighted by Gasteiger charge is -2.26. The molecule has 1 aromatic rings. The number of benzene rings is 1. The van der Waals surface area contributed by atoms with Gasteiger partial charge in [0.05, 0.1) is 32.1 Å². The summed E-state index contributed by atoms with van der Waals surface area (Å²) >= 11 is 4.59. The highest BCUT2D eigenvalue weighted by Crippen LogP contribution is 2.29. The van der Waals surface area contributed by atoms with Gasteiger partial charge in [0, 0.05) is 61.1 Å². The van der Waals surface area contributed by atoms with E-state index in [0.717, 1.165) is 79.9 Å². The van der Waals surface area contributed by atoms with E-state index in [2.05, 4.69) is 41.1 Å². The van der Waals surface area contributed by atoms with E-state index >= 15 is 0 Å². The molecule has 3 rings (SSSR count). The maximum absolute atomic E-state index is 9.23. The molecule has 7 nitrogen and oxygen atoms in total. The van der Waals surface area contributed by atoms with Gasteiger partial charge in [-0.3, -0.25) is 9.89 Å². The second-order valence-electron chi connectivity index (χ2n) is 7.64. The van der Waals surface area contributed by atoms with E-state index in [-0.39, 0.29) is 13.2 Å². The molecule has 0 bridgehead atoms. The van der Waals surface area contributed by atoms with Crippen molar-refractivity contribution in [2.45, 2.75) is 17.7 Å². The van der Waals surface area contributed by atoms with Gasteiger partial charge in [-0.2, -0.15) is 0 Å². The first-order chi connectivity index (χ1) is 15.2. The van der Waals surface area contributed by atoms with Gasteiger partial charge in [0.15, 0.2) is 0 Å². The fraction of sp³-hybridized carbons (Fsp3) is 0.522. The molecule has 170 valence electrons. The Kier molecular flexibility index (Phi) is 9.89. The number of ether oxygens (including phenoxy) is 1. The summed E-state index contributed by atoms with van der Waals surface area (Å²) in [5.41, 5.74) is 3.87. The minimum atomic E-state index is 0.0344. The highest BCUT2D eigenvalue weighted by atomic mass is 32.1. The number of aliphatic hydroxyl groups is 2. The molecule has 0 amide bonds. The third kappa shape index (κ3) is 7.66. The van der Waals surface area contributed by atoms with Crippen LogP contribution in [0, 0.1) is 0 Å². The highest BCUT2D eigenvalue weighted by Gasteiger charge is 2.10. The molecule has 1 aliphatic heterocycles. The zero-order valence-corrected chi connectivity index (χ0v) is 18.9. The smallest absolute Gasteiger partial charge is 0.0767 e. The zero-order valence-electron chi connectivity index (χ0n) is 18.0. The Morgan fingerprint density at radius 3 is 2.55 bits per heavy atom. The predicted octanol–water partition coefficient (Wildman–Crippen LogP) is 1.99. The van der Waals surface area contributed by atoms with Gasteiger partial charge in [-0.1, -0.05) is 6.08 Å². The first-order valence-electron chi connectivity index (χ1n) is 11.0. The van der Waals surface area contributed by atoms with Crippen LogP contribution in [0.5, 0.6) is 0 Å². The van der Waals surface area contributed by atoms with Crippen molar-refractivity contribution in [1.29, 1.82) is 0 Å². The van der Waals surface area contributed by atoms with Crippen molar-refractivity contribution in [3.8, 4) is 0 Å². The Bertz CT molecular complexity index is 785. The summed E-state index contributed by atoms with van der Waals surface area (Å²) in [7, 11) is 0. The Balaban J connectivity index is 1.48. The van der Waals surface area contributed by atoms with Crippen molar-refractivity contribution in [2.75, 3.05) is 70.6 Å². The predicted molar refractivity (Wildman–Crippen MR) is 129 cm³/mol. The Hall–Kier alpha value is -1.84. The fourth-order valence-electron chi connectivity index (χ4n) is 3.68. The molecule has 1 aliphatic carbocycles. The number of hydrogen-bond acceptors (Lipinski definition) is 8. The lowest BCUT2D eigenvalue weighted by molar-refractivity contribution is 0.0375. The summed E-state index contributed by atoms with van der Waals surface area (Å²) in [5.74, 6) is 0. The second-order valence-corrected chi connectivity index (χ2v) is 8.12. The van der Waals surface area contributed by atoms with E-state index in [9.17, 15) is 10.2 Å². The van der Waals surface area contributed by atoms with E-state index in [4.69, 9.17) is 9.73 Å². The lowest BCUT2D eigenvalue weighted by atomic mass is 10.1. The van der Waals surface area contributed by atoms with Crippen molar-refractivity contribution >= 4 is 29.7 Å². The third-order valence-corrected chi connectivity index (χ3v) is 5.76. The number of hydrogen-bond donors (Lipinski definition) is 4. The minimum absolute atomic E-state index is 0.0344. The van der Waals surface area contributed by atoms with Crippen molar-refractivity contribution in [2.24, 2.45) is 4.99 Å². The molecule has 0 spiro atoms. The first kappa shape index (κ1) is 23.8. The van der Waals surface area contributed by atoms with Crippen molar-refractivity contribution < 1.29 is 14.9 Å². The number of morpholine rings is 1. The monoisotopic (exact) mass is 446 g/mol. The first-order valence-corrected chi connectivity index (χ1v) is 11.4. The average Bonchev–Trinajstić information content (AvgIpc) is 2.80. The van der Waals surface area contributed by atoms with Crippen molar-refractivity contribution in [3.05, 3.63) is 42.1 Å². The largest absolute Gasteiger partial charge is 0.395 e. The number of aliphatic imine (C=N–C) groups is 1. The van der Waals surface area contributed by atoms with Crippen LogP contribution in [0.1, 0.15) is 12.8 Å². The highest BCUT2D eigenvalue weighted by molar-refractivity contribution is 7.80. The summed E-state index contributed by atoms with van der Waals surface area (Å²) in [6.45, 7) is 6.85. The van der Waals surface area contributed by atoms with Gasteiger partial charge >= 0.3 is 0 Å². The van der Waals surface area contributed by atoms with Gasteiger partial charge in [-0.05, 0) is 43.3 Å². The van der Waals surface area contributed by atoms with Crippen LogP contribution >= 0.6 is 12.6 Å². The molecule has 8 heteroatoms. The zero-order chi connectivity index (χ0) is 21.9. The number of nitrogens with zero attached hydrogens (tertiary/aromatic N) is 3. The molecule has 31 heavy (non-hydrogen) atoms. The minimum Gasteiger partial charge on any atom is -0.395 e. The quantitative estimate of drug-likeness (QED) is 0.308. The molecule has 0 atom stereocenters. The van der Waals surface area contributed by atoms with E-state index < -0.39 is 0 Å². The van der Waals surface area contributed by atoms with Crippen LogP contribution < -0.4 is 10.2 Å². The summed E-state index contributed by atoms with van der Waals surface area (Å²) in [5, 5.41) is 22.0. The van der Waals surface area contributed by atoms with Gasteiger partial charge in [0.1, 0.15) is 0 Å². The Morgan fingerprint density at radius 1 is 1.13 bits per heavy atom. The van der Waals surface area contributed by atoms with Gasteiger partial charge in [-0.15, -0.1) is 12.6 Å². The maximum Gasteiger partial charge on any atom is 0.0767 e. The summed E-state index contributed by atoms with van der Waals surface area (Å²) < 4.78 is 5.39. The molecular formula is C23H34N4O3S. The van der Waals surface area contributed by atoms with Crippen LogP contribution in [0.15, 0.2) is 52.0 Å². The standard InChI is InChI=1S/C23H34N4O3S/c28-14-10-27(11-15-29)21-6-7-22(23(31)18-21)25-20-4-2-19(3-5-20)24-8-1-9-26-12-16-30-17-13-26/h2-4,6-7,18,24,28-29,31H,1,5,8-17H2. The lowest BCUT2D eigenvalue weighted by Crippen LogP contribution is -2.37. The van der Waals surface area contributed by atoms with Gasteiger partial charge in [-0.25, -0.2) is 0 Å². The Morgan fingerprint density at radius 2 is 1.90 bits per heavy atom.